The first-order chi connectivity index (χ1) is 12.1. The highest BCUT2D eigenvalue weighted by molar-refractivity contribution is 7.71. The highest BCUT2D eigenvalue weighted by atomic mass is 32.1. The molecular formula is C18H25N3O2S2. The minimum atomic E-state index is -0.0331. The van der Waals surface area contributed by atoms with E-state index in [0.29, 0.717) is 34.4 Å². The van der Waals surface area contributed by atoms with E-state index in [1.807, 2.05) is 11.4 Å². The van der Waals surface area contributed by atoms with Gasteiger partial charge in [0.25, 0.3) is 5.56 Å². The summed E-state index contributed by atoms with van der Waals surface area (Å²) in [6, 6.07) is 2.21. The van der Waals surface area contributed by atoms with E-state index in [-0.39, 0.29) is 11.5 Å². The Hall–Kier alpha value is -1.47. The van der Waals surface area contributed by atoms with E-state index in [0.717, 1.165) is 24.8 Å². The van der Waals surface area contributed by atoms with Gasteiger partial charge < -0.3 is 10.3 Å². The Morgan fingerprint density at radius 2 is 2.20 bits per heavy atom. The first-order valence-corrected chi connectivity index (χ1v) is 10.3. The smallest absolute Gasteiger partial charge is 0.272 e. The van der Waals surface area contributed by atoms with Crippen LogP contribution in [0.5, 0.6) is 0 Å². The predicted molar refractivity (Wildman–Crippen MR) is 105 cm³/mol. The average Bonchev–Trinajstić information content (AvgIpc) is 3.04. The fourth-order valence-corrected chi connectivity index (χ4v) is 4.62. The maximum atomic E-state index is 12.4. The lowest BCUT2D eigenvalue weighted by Gasteiger charge is -2.29. The largest absolute Gasteiger partial charge is 0.353 e. The van der Waals surface area contributed by atoms with Gasteiger partial charge >= 0.3 is 0 Å². The standard InChI is InChI=1S/C18H25N3O2S2/c1-12-6-2-3-7-13(12)19-15(22)8-4-5-10-21-17(23)16-14(9-11-25-16)20-18(21)24/h9,11-13H,2-8,10H2,1H3,(H,19,22)(H,20,24). The Balaban J connectivity index is 1.49. The number of hydrogen-bond acceptors (Lipinski definition) is 4. The second-order valence-corrected chi connectivity index (χ2v) is 8.25. The van der Waals surface area contributed by atoms with Gasteiger partial charge in [0.2, 0.25) is 5.91 Å². The fourth-order valence-electron chi connectivity index (χ4n) is 3.54. The van der Waals surface area contributed by atoms with Crippen LogP contribution in [-0.2, 0) is 11.3 Å². The molecule has 0 bridgehead atoms. The lowest BCUT2D eigenvalue weighted by atomic mass is 9.86. The number of fused-ring (bicyclic) bond motifs is 1. The molecule has 136 valence electrons. The third-order valence-corrected chi connectivity index (χ3v) is 6.31. The Morgan fingerprint density at radius 3 is 3.00 bits per heavy atom. The monoisotopic (exact) mass is 379 g/mol. The molecule has 2 unspecified atom stereocenters. The second-order valence-electron chi connectivity index (χ2n) is 6.94. The van der Waals surface area contributed by atoms with Gasteiger partial charge in [0.15, 0.2) is 4.77 Å². The van der Waals surface area contributed by atoms with E-state index in [1.165, 1.54) is 30.6 Å². The molecule has 2 N–H and O–H groups in total. The summed E-state index contributed by atoms with van der Waals surface area (Å²) in [7, 11) is 0. The van der Waals surface area contributed by atoms with E-state index >= 15 is 0 Å². The molecule has 25 heavy (non-hydrogen) atoms. The lowest BCUT2D eigenvalue weighted by Crippen LogP contribution is -2.40. The molecule has 0 radical (unpaired) electrons. The van der Waals surface area contributed by atoms with Crippen molar-refractivity contribution in [1.82, 2.24) is 14.9 Å². The maximum absolute atomic E-state index is 12.4. The van der Waals surface area contributed by atoms with Crippen LogP contribution in [0.25, 0.3) is 10.2 Å². The van der Waals surface area contributed by atoms with E-state index in [1.54, 1.807) is 4.57 Å². The molecule has 2 atom stereocenters. The normalized spacial score (nSPS) is 20.7. The zero-order valence-corrected chi connectivity index (χ0v) is 16.2. The van der Waals surface area contributed by atoms with Gasteiger partial charge in [0.05, 0.1) is 5.52 Å². The Labute approximate surface area is 156 Å². The minimum absolute atomic E-state index is 0.0331. The first kappa shape index (κ1) is 18.3. The maximum Gasteiger partial charge on any atom is 0.272 e. The van der Waals surface area contributed by atoms with Gasteiger partial charge in [-0.2, -0.15) is 0 Å². The number of nitrogens with one attached hydrogen (secondary N) is 2. The van der Waals surface area contributed by atoms with Crippen LogP contribution in [0.3, 0.4) is 0 Å². The number of thiophene rings is 1. The van der Waals surface area contributed by atoms with Crippen molar-refractivity contribution in [3.63, 3.8) is 0 Å². The van der Waals surface area contributed by atoms with E-state index < -0.39 is 0 Å². The van der Waals surface area contributed by atoms with Crippen LogP contribution < -0.4 is 10.9 Å². The van der Waals surface area contributed by atoms with Crippen LogP contribution in [-0.4, -0.2) is 21.5 Å². The van der Waals surface area contributed by atoms with Gasteiger partial charge in [-0.15, -0.1) is 11.3 Å². The van der Waals surface area contributed by atoms with Crippen molar-refractivity contribution >= 4 is 39.7 Å². The van der Waals surface area contributed by atoms with Gasteiger partial charge in [-0.05, 0) is 55.3 Å². The number of nitrogens with zero attached hydrogens (tertiary/aromatic N) is 1. The molecule has 0 spiro atoms. The molecule has 1 amide bonds. The van der Waals surface area contributed by atoms with Crippen molar-refractivity contribution < 1.29 is 4.79 Å². The summed E-state index contributed by atoms with van der Waals surface area (Å²) in [6.07, 6.45) is 6.82. The molecule has 0 aromatic carbocycles. The molecule has 2 heterocycles. The van der Waals surface area contributed by atoms with Crippen molar-refractivity contribution in [1.29, 1.82) is 0 Å². The van der Waals surface area contributed by atoms with E-state index in [9.17, 15) is 9.59 Å². The molecule has 7 heteroatoms. The molecule has 2 aromatic heterocycles. The van der Waals surface area contributed by atoms with Crippen molar-refractivity contribution in [2.75, 3.05) is 0 Å². The summed E-state index contributed by atoms with van der Waals surface area (Å²) >= 11 is 6.71. The molecular weight excluding hydrogens is 354 g/mol. The SMILES string of the molecule is CC1CCCCC1NC(=O)CCCCn1c(=S)[nH]c2ccsc2c1=O. The summed E-state index contributed by atoms with van der Waals surface area (Å²) in [5, 5.41) is 5.07. The summed E-state index contributed by atoms with van der Waals surface area (Å²) in [4.78, 5) is 27.7. The highest BCUT2D eigenvalue weighted by Crippen LogP contribution is 2.23. The minimum Gasteiger partial charge on any atom is -0.353 e. The van der Waals surface area contributed by atoms with Gasteiger partial charge in [0, 0.05) is 19.0 Å². The fraction of sp³-hybridized carbons (Fsp3) is 0.611. The van der Waals surface area contributed by atoms with Crippen LogP contribution in [0.15, 0.2) is 16.2 Å². The molecule has 1 aliphatic rings. The van der Waals surface area contributed by atoms with E-state index in [2.05, 4.69) is 17.2 Å². The number of carbonyl (C=O) groups excluding carboxylic acids is 1. The molecule has 2 aromatic rings. The molecule has 0 saturated heterocycles. The third-order valence-electron chi connectivity index (χ3n) is 5.08. The first-order valence-electron chi connectivity index (χ1n) is 9.06. The number of aromatic amines is 1. The van der Waals surface area contributed by atoms with Crippen LogP contribution in [0.4, 0.5) is 0 Å². The average molecular weight is 380 g/mol. The third kappa shape index (κ3) is 4.39. The Bertz CT molecular complexity index is 852. The number of amides is 1. The number of H-pyrrole nitrogens is 1. The van der Waals surface area contributed by atoms with Crippen molar-refractivity contribution in [2.45, 2.75) is 64.5 Å². The van der Waals surface area contributed by atoms with Gasteiger partial charge in [-0.25, -0.2) is 0 Å². The number of unbranched alkanes of at least 4 members (excludes halogenated alkanes) is 1. The second kappa shape index (κ2) is 8.27. The molecule has 0 aliphatic heterocycles. The number of hydrogen-bond donors (Lipinski definition) is 2. The van der Waals surface area contributed by atoms with Crippen molar-refractivity contribution in [3.05, 3.63) is 26.6 Å². The summed E-state index contributed by atoms with van der Waals surface area (Å²) < 4.78 is 2.77. The highest BCUT2D eigenvalue weighted by Gasteiger charge is 2.22. The number of rotatable bonds is 6. The zero-order chi connectivity index (χ0) is 17.8. The van der Waals surface area contributed by atoms with Gasteiger partial charge in [-0.3, -0.25) is 14.2 Å². The van der Waals surface area contributed by atoms with Crippen LogP contribution in [0.1, 0.15) is 51.9 Å². The molecule has 3 rings (SSSR count). The zero-order valence-electron chi connectivity index (χ0n) is 14.5. The van der Waals surface area contributed by atoms with Crippen molar-refractivity contribution in [3.8, 4) is 0 Å². The Morgan fingerprint density at radius 1 is 1.40 bits per heavy atom. The molecule has 5 nitrogen and oxygen atoms in total. The van der Waals surface area contributed by atoms with Gasteiger partial charge in [0.1, 0.15) is 4.70 Å². The topological polar surface area (TPSA) is 66.9 Å². The lowest BCUT2D eigenvalue weighted by molar-refractivity contribution is -0.122. The number of carbonyl (C=O) groups is 1. The van der Waals surface area contributed by atoms with Crippen LogP contribution in [0, 0.1) is 10.7 Å². The summed E-state index contributed by atoms with van der Waals surface area (Å²) in [5.41, 5.74) is 0.770. The summed E-state index contributed by atoms with van der Waals surface area (Å²) in [5.74, 6) is 0.706. The Kier molecular flexibility index (Phi) is 6.06. The summed E-state index contributed by atoms with van der Waals surface area (Å²) in [6.45, 7) is 2.77. The van der Waals surface area contributed by atoms with Gasteiger partial charge in [-0.1, -0.05) is 19.8 Å². The van der Waals surface area contributed by atoms with E-state index in [4.69, 9.17) is 12.2 Å². The van der Waals surface area contributed by atoms with Crippen LogP contribution in [0.2, 0.25) is 0 Å². The molecule has 1 aliphatic carbocycles. The quantitative estimate of drug-likeness (QED) is 0.589. The predicted octanol–water partition coefficient (Wildman–Crippen LogP) is 3.99. The van der Waals surface area contributed by atoms with Crippen molar-refractivity contribution in [2.24, 2.45) is 5.92 Å². The van der Waals surface area contributed by atoms with Crippen LogP contribution >= 0.6 is 23.6 Å². The molecule has 1 saturated carbocycles. The number of aromatic nitrogens is 2. The molecule has 1 fully saturated rings.